The van der Waals surface area contributed by atoms with Crippen LogP contribution in [0.4, 0.5) is 10.3 Å². The molecule has 3 N–H and O–H groups in total. The Morgan fingerprint density at radius 3 is 2.71 bits per heavy atom. The first-order valence-electron chi connectivity index (χ1n) is 16.0. The van der Waals surface area contributed by atoms with E-state index in [1.165, 1.54) is 6.07 Å². The molecule has 0 amide bonds. The average molecular weight is 612 g/mol. The average Bonchev–Trinajstić information content (AvgIpc) is 3.30. The molecule has 234 valence electrons. The zero-order valence-electron chi connectivity index (χ0n) is 25.3. The summed E-state index contributed by atoms with van der Waals surface area (Å²) in [6, 6.07) is 7.22. The lowest BCUT2D eigenvalue weighted by Crippen LogP contribution is -2.51. The molecule has 2 aromatic carbocycles. The fourth-order valence-corrected chi connectivity index (χ4v) is 7.67. The predicted octanol–water partition coefficient (Wildman–Crippen LogP) is 3.41. The van der Waals surface area contributed by atoms with E-state index < -0.39 is 5.82 Å². The number of imidazole rings is 1. The highest BCUT2D eigenvalue weighted by molar-refractivity contribution is 5.92. The van der Waals surface area contributed by atoms with Crippen molar-refractivity contribution in [1.82, 2.24) is 29.7 Å². The van der Waals surface area contributed by atoms with Crippen LogP contribution in [0, 0.1) is 23.6 Å². The fourth-order valence-electron chi connectivity index (χ4n) is 7.67. The molecule has 4 aliphatic rings. The Bertz CT molecular complexity index is 1800. The summed E-state index contributed by atoms with van der Waals surface area (Å²) in [4.78, 5) is 19.4. The number of nitrogens with one attached hydrogen (secondary N) is 1. The van der Waals surface area contributed by atoms with E-state index in [0.717, 1.165) is 64.7 Å². The first-order valence-corrected chi connectivity index (χ1v) is 16.0. The largest absolute Gasteiger partial charge is 0.508 e. The number of fused-ring (bicyclic) bond motifs is 4. The van der Waals surface area contributed by atoms with Gasteiger partial charge in [0, 0.05) is 48.6 Å². The van der Waals surface area contributed by atoms with Crippen LogP contribution in [0.15, 0.2) is 30.6 Å². The lowest BCUT2D eigenvalue weighted by molar-refractivity contribution is 0.114. The van der Waals surface area contributed by atoms with Gasteiger partial charge in [-0.25, -0.2) is 9.37 Å². The summed E-state index contributed by atoms with van der Waals surface area (Å²) in [5, 5.41) is 25.3. The first-order chi connectivity index (χ1) is 21.9. The molecule has 8 rings (SSSR count). The normalized spacial score (nSPS) is 24.0. The van der Waals surface area contributed by atoms with E-state index in [2.05, 4.69) is 21.0 Å². The number of aliphatic hydroxyl groups is 1. The van der Waals surface area contributed by atoms with Gasteiger partial charge in [0.1, 0.15) is 11.6 Å². The minimum absolute atomic E-state index is 0.0437. The van der Waals surface area contributed by atoms with E-state index >= 15 is 0 Å². The maximum absolute atomic E-state index is 14.8. The number of aromatic nitrogens is 4. The minimum Gasteiger partial charge on any atom is -0.508 e. The van der Waals surface area contributed by atoms with Crippen molar-refractivity contribution in [2.45, 2.75) is 63.2 Å². The van der Waals surface area contributed by atoms with Crippen molar-refractivity contribution in [2.24, 2.45) is 5.41 Å². The van der Waals surface area contributed by atoms with Gasteiger partial charge >= 0.3 is 0 Å². The molecule has 2 aromatic heterocycles. The number of ether oxygens (including phenoxy) is 1. The summed E-state index contributed by atoms with van der Waals surface area (Å²) >= 11 is 0. The number of hydrogen-bond acceptors (Lipinski definition) is 9. The molecule has 5 heterocycles. The third-order valence-corrected chi connectivity index (χ3v) is 10.3. The topological polar surface area (TPSA) is 112 Å². The molecule has 0 unspecified atom stereocenters. The van der Waals surface area contributed by atoms with E-state index in [-0.39, 0.29) is 35.9 Å². The number of aromatic hydroxyl groups is 1. The molecule has 3 saturated heterocycles. The van der Waals surface area contributed by atoms with E-state index in [0.29, 0.717) is 58.0 Å². The van der Waals surface area contributed by atoms with Crippen LogP contribution in [0.1, 0.15) is 49.7 Å². The molecule has 3 aliphatic heterocycles. The summed E-state index contributed by atoms with van der Waals surface area (Å²) in [6.45, 7) is 4.55. The lowest BCUT2D eigenvalue weighted by atomic mass is 9.98. The van der Waals surface area contributed by atoms with Gasteiger partial charge in [-0.05, 0) is 74.2 Å². The quantitative estimate of drug-likeness (QED) is 0.245. The summed E-state index contributed by atoms with van der Waals surface area (Å²) < 4.78 is 23.2. The van der Waals surface area contributed by atoms with Crippen molar-refractivity contribution in [3.8, 4) is 24.0 Å². The number of hydrogen-bond donors (Lipinski definition) is 3. The second kappa shape index (κ2) is 11.1. The van der Waals surface area contributed by atoms with Crippen molar-refractivity contribution < 1.29 is 19.3 Å². The Labute approximate surface area is 261 Å². The fraction of sp³-hybridized carbons (Fsp3) is 0.500. The van der Waals surface area contributed by atoms with Crippen molar-refractivity contribution in [3.05, 3.63) is 47.5 Å². The van der Waals surface area contributed by atoms with E-state index in [1.807, 2.05) is 4.57 Å². The van der Waals surface area contributed by atoms with Gasteiger partial charge in [0.05, 0.1) is 31.6 Å². The second-order valence-corrected chi connectivity index (χ2v) is 13.4. The standard InChI is InChI=1S/C34H38FN7O3/c1-2-27-28(35)8-5-21-12-26(44)13-22(29(21)27)14-42-20-36-30-31(42)38-33(41-15-23-6-7-24(16-41)37-23)39-32(30)45-19-34(9-10-34)18-40-11-3-4-25(40)17-43/h1,5,8,12-13,20,23-25,37,43-44H,3-4,6-7,9-11,14-19H2/t23-,24+,25-/m0/s1. The van der Waals surface area contributed by atoms with Gasteiger partial charge < -0.3 is 29.7 Å². The Balaban J connectivity index is 1.15. The molecule has 11 heteroatoms. The number of phenols is 1. The Morgan fingerprint density at radius 1 is 1.13 bits per heavy atom. The van der Waals surface area contributed by atoms with Gasteiger partial charge in [0.2, 0.25) is 11.8 Å². The summed E-state index contributed by atoms with van der Waals surface area (Å²) in [5.74, 6) is 3.17. The summed E-state index contributed by atoms with van der Waals surface area (Å²) in [5.41, 5.74) is 2.05. The molecule has 45 heavy (non-hydrogen) atoms. The SMILES string of the molecule is C#Cc1c(F)ccc2cc(O)cc(Cn3cnc4c(OCC5(CN6CCC[C@H]6CO)CC5)nc(N5C[C@H]6CC[C@@H](C5)N6)nc43)c12. The monoisotopic (exact) mass is 611 g/mol. The molecule has 1 aliphatic carbocycles. The molecular weight excluding hydrogens is 573 g/mol. The highest BCUT2D eigenvalue weighted by atomic mass is 19.1. The number of rotatable bonds is 9. The van der Waals surface area contributed by atoms with Crippen molar-refractivity contribution in [2.75, 3.05) is 44.3 Å². The maximum atomic E-state index is 14.8. The molecule has 10 nitrogen and oxygen atoms in total. The van der Waals surface area contributed by atoms with E-state index in [9.17, 15) is 14.6 Å². The number of phenolic OH excluding ortho intramolecular Hbond substituents is 1. The van der Waals surface area contributed by atoms with E-state index in [4.69, 9.17) is 26.1 Å². The summed E-state index contributed by atoms with van der Waals surface area (Å²) in [7, 11) is 0. The van der Waals surface area contributed by atoms with Gasteiger partial charge in [0.25, 0.3) is 0 Å². The number of nitrogens with zero attached hydrogens (tertiary/aromatic N) is 6. The molecule has 4 aromatic rings. The second-order valence-electron chi connectivity index (χ2n) is 13.4. The number of benzene rings is 2. The molecular formula is C34H38FN7O3. The number of anilines is 1. The maximum Gasteiger partial charge on any atom is 0.247 e. The van der Waals surface area contributed by atoms with Crippen LogP contribution in [0.25, 0.3) is 21.9 Å². The zero-order chi connectivity index (χ0) is 30.7. The van der Waals surface area contributed by atoms with Crippen LogP contribution in [-0.4, -0.2) is 92.2 Å². The van der Waals surface area contributed by atoms with Crippen LogP contribution in [-0.2, 0) is 6.54 Å². The van der Waals surface area contributed by atoms with Crippen molar-refractivity contribution >= 4 is 27.9 Å². The van der Waals surface area contributed by atoms with Gasteiger partial charge in [-0.3, -0.25) is 4.90 Å². The third-order valence-electron chi connectivity index (χ3n) is 10.3. The third kappa shape index (κ3) is 5.25. The van der Waals surface area contributed by atoms with Crippen LogP contribution in [0.5, 0.6) is 11.6 Å². The number of aliphatic hydroxyl groups excluding tert-OH is 1. The molecule has 1 saturated carbocycles. The summed E-state index contributed by atoms with van der Waals surface area (Å²) in [6.07, 6.45) is 14.0. The Hall–Kier alpha value is -3.98. The van der Waals surface area contributed by atoms with Crippen LogP contribution >= 0.6 is 0 Å². The van der Waals surface area contributed by atoms with Crippen molar-refractivity contribution in [1.29, 1.82) is 0 Å². The number of halogens is 1. The van der Waals surface area contributed by atoms with Crippen molar-refractivity contribution in [3.63, 3.8) is 0 Å². The van der Waals surface area contributed by atoms with Gasteiger partial charge in [0.15, 0.2) is 11.2 Å². The first kappa shape index (κ1) is 28.5. The van der Waals surface area contributed by atoms with Gasteiger partial charge in [-0.15, -0.1) is 6.42 Å². The van der Waals surface area contributed by atoms with Crippen LogP contribution < -0.4 is 15.0 Å². The Morgan fingerprint density at radius 2 is 1.96 bits per heavy atom. The van der Waals surface area contributed by atoms with Gasteiger partial charge in [-0.2, -0.15) is 9.97 Å². The molecule has 3 atom stereocenters. The molecule has 2 bridgehead atoms. The molecule has 0 radical (unpaired) electrons. The Kier molecular flexibility index (Phi) is 7.04. The van der Waals surface area contributed by atoms with Crippen LogP contribution in [0.3, 0.4) is 0 Å². The highest BCUT2D eigenvalue weighted by Crippen LogP contribution is 2.48. The number of piperazine rings is 1. The lowest BCUT2D eigenvalue weighted by Gasteiger charge is -2.33. The minimum atomic E-state index is -0.477. The predicted molar refractivity (Wildman–Crippen MR) is 169 cm³/mol. The van der Waals surface area contributed by atoms with E-state index in [1.54, 1.807) is 24.5 Å². The highest BCUT2D eigenvalue weighted by Gasteiger charge is 2.46. The smallest absolute Gasteiger partial charge is 0.247 e. The number of likely N-dealkylation sites (tertiary alicyclic amines) is 1. The van der Waals surface area contributed by atoms with Gasteiger partial charge in [-0.1, -0.05) is 12.0 Å². The number of terminal acetylenes is 1. The zero-order valence-corrected chi connectivity index (χ0v) is 25.3. The molecule has 4 fully saturated rings. The molecule has 0 spiro atoms. The van der Waals surface area contributed by atoms with Crippen LogP contribution in [0.2, 0.25) is 0 Å².